The first-order valence-corrected chi connectivity index (χ1v) is 10.9. The molecule has 176 valence electrons. The highest BCUT2D eigenvalue weighted by Crippen LogP contribution is 2.36. The molecule has 0 saturated heterocycles. The predicted molar refractivity (Wildman–Crippen MR) is 120 cm³/mol. The van der Waals surface area contributed by atoms with Crippen LogP contribution in [0, 0.1) is 26.7 Å². The van der Waals surface area contributed by atoms with Gasteiger partial charge >= 0.3 is 6.18 Å². The second-order valence-corrected chi connectivity index (χ2v) is 8.60. The highest BCUT2D eigenvalue weighted by atomic mass is 19.4. The Morgan fingerprint density at radius 2 is 1.82 bits per heavy atom. The Morgan fingerprint density at radius 3 is 2.44 bits per heavy atom. The summed E-state index contributed by atoms with van der Waals surface area (Å²) in [6.07, 6.45) is 0.457. The molecular formula is C23H23F3N8. The third-order valence-electron chi connectivity index (χ3n) is 5.77. The highest BCUT2D eigenvalue weighted by Gasteiger charge is 2.32. The van der Waals surface area contributed by atoms with Crippen molar-refractivity contribution < 1.29 is 13.2 Å². The van der Waals surface area contributed by atoms with Crippen molar-refractivity contribution in [2.75, 3.05) is 5.32 Å². The molecule has 1 saturated carbocycles. The molecule has 11 heteroatoms. The highest BCUT2D eigenvalue weighted by molar-refractivity contribution is 5.71. The summed E-state index contributed by atoms with van der Waals surface area (Å²) in [5.74, 6) is 2.46. The van der Waals surface area contributed by atoms with Crippen LogP contribution in [0.5, 0.6) is 0 Å². The average molecular weight is 468 g/mol. The van der Waals surface area contributed by atoms with E-state index in [1.807, 2.05) is 31.5 Å². The number of alkyl halides is 3. The van der Waals surface area contributed by atoms with E-state index in [0.717, 1.165) is 41.7 Å². The minimum absolute atomic E-state index is 0.522. The second-order valence-electron chi connectivity index (χ2n) is 8.60. The van der Waals surface area contributed by atoms with Gasteiger partial charge in [0.05, 0.1) is 11.4 Å². The van der Waals surface area contributed by atoms with Crippen LogP contribution in [0.15, 0.2) is 36.8 Å². The van der Waals surface area contributed by atoms with Crippen molar-refractivity contribution in [1.29, 1.82) is 0 Å². The topological polar surface area (TPSA) is 86.3 Å². The Balaban J connectivity index is 1.50. The molecule has 1 aliphatic rings. The number of pyridine rings is 1. The number of halogens is 3. The lowest BCUT2D eigenvalue weighted by molar-refractivity contribution is -0.141. The number of aryl methyl sites for hydroxylation is 2. The number of aromatic nitrogens is 7. The maximum atomic E-state index is 12.9. The van der Waals surface area contributed by atoms with Crippen LogP contribution in [0.3, 0.4) is 0 Å². The van der Waals surface area contributed by atoms with Crippen LogP contribution >= 0.6 is 0 Å². The first kappa shape index (κ1) is 22.1. The summed E-state index contributed by atoms with van der Waals surface area (Å²) in [4.78, 5) is 12.3. The Bertz CT molecular complexity index is 1330. The summed E-state index contributed by atoms with van der Waals surface area (Å²) in [7, 11) is 0. The molecule has 0 spiro atoms. The van der Waals surface area contributed by atoms with E-state index in [1.54, 1.807) is 10.7 Å². The smallest absolute Gasteiger partial charge is 0.325 e. The van der Waals surface area contributed by atoms with Gasteiger partial charge in [-0.15, -0.1) is 0 Å². The molecule has 4 heterocycles. The zero-order chi connectivity index (χ0) is 24.0. The second kappa shape index (κ2) is 8.23. The molecule has 1 N–H and O–H groups in total. The molecule has 4 aromatic rings. The van der Waals surface area contributed by atoms with Crippen LogP contribution in [0.4, 0.5) is 24.8 Å². The van der Waals surface area contributed by atoms with E-state index in [1.165, 1.54) is 18.6 Å². The fraction of sp³-hybridized carbons (Fsp3) is 0.348. The van der Waals surface area contributed by atoms with Crippen LogP contribution in [0.25, 0.3) is 17.1 Å². The van der Waals surface area contributed by atoms with E-state index in [2.05, 4.69) is 25.4 Å². The van der Waals surface area contributed by atoms with Crippen molar-refractivity contribution in [3.05, 3.63) is 59.4 Å². The van der Waals surface area contributed by atoms with E-state index in [-0.39, 0.29) is 0 Å². The van der Waals surface area contributed by atoms with Crippen molar-refractivity contribution in [3.8, 4) is 17.1 Å². The summed E-state index contributed by atoms with van der Waals surface area (Å²) in [5, 5.41) is 12.5. The monoisotopic (exact) mass is 468 g/mol. The van der Waals surface area contributed by atoms with E-state index >= 15 is 0 Å². The van der Waals surface area contributed by atoms with Gasteiger partial charge in [0.2, 0.25) is 0 Å². The van der Waals surface area contributed by atoms with E-state index < -0.39 is 11.9 Å². The zero-order valence-electron chi connectivity index (χ0n) is 18.9. The van der Waals surface area contributed by atoms with Crippen LogP contribution in [-0.2, 0) is 12.7 Å². The third kappa shape index (κ3) is 4.37. The van der Waals surface area contributed by atoms with E-state index in [9.17, 15) is 13.2 Å². The van der Waals surface area contributed by atoms with Crippen molar-refractivity contribution in [2.45, 2.75) is 46.3 Å². The molecule has 0 aliphatic heterocycles. The third-order valence-corrected chi connectivity index (χ3v) is 5.77. The Morgan fingerprint density at radius 1 is 1.03 bits per heavy atom. The van der Waals surface area contributed by atoms with Gasteiger partial charge < -0.3 is 5.32 Å². The zero-order valence-corrected chi connectivity index (χ0v) is 18.9. The quantitative estimate of drug-likeness (QED) is 0.428. The molecule has 0 unspecified atom stereocenters. The van der Waals surface area contributed by atoms with Gasteiger partial charge in [-0.3, -0.25) is 4.98 Å². The summed E-state index contributed by atoms with van der Waals surface area (Å²) in [5.41, 5.74) is 2.81. The van der Waals surface area contributed by atoms with E-state index in [4.69, 9.17) is 5.10 Å². The standard InChI is InChI=1S/C23H23F3N8/c1-13-8-14(2)34(31-13)20-9-19(28-12-29-20)30-22-15(3)21(32-33(22)11-16-4-5-16)17-6-7-18(27-10-17)23(24,25)26/h6-10,12,16H,4-5,11H2,1-3H3,(H,28,29,30). The van der Waals surface area contributed by atoms with E-state index in [0.29, 0.717) is 35.4 Å². The van der Waals surface area contributed by atoms with Gasteiger partial charge in [-0.2, -0.15) is 23.4 Å². The van der Waals surface area contributed by atoms with Gasteiger partial charge in [0, 0.05) is 35.6 Å². The maximum absolute atomic E-state index is 12.9. The maximum Gasteiger partial charge on any atom is 0.433 e. The predicted octanol–water partition coefficient (Wildman–Crippen LogP) is 5.02. The van der Waals surface area contributed by atoms with Crippen LogP contribution in [0.1, 0.15) is 35.5 Å². The summed E-state index contributed by atoms with van der Waals surface area (Å²) in [6.45, 7) is 6.47. The molecule has 8 nitrogen and oxygen atoms in total. The van der Waals surface area contributed by atoms with Crippen molar-refractivity contribution in [1.82, 2.24) is 34.5 Å². The average Bonchev–Trinajstić information content (AvgIpc) is 3.48. The van der Waals surface area contributed by atoms with Crippen molar-refractivity contribution >= 4 is 11.6 Å². The van der Waals surface area contributed by atoms with Crippen LogP contribution < -0.4 is 5.32 Å². The SMILES string of the molecule is Cc1cc(C)n(-c2cc(Nc3c(C)c(-c4ccc(C(F)(F)F)nc4)nn3CC3CC3)ncn2)n1. The molecule has 0 amide bonds. The molecule has 0 aromatic carbocycles. The fourth-order valence-corrected chi connectivity index (χ4v) is 3.88. The molecule has 1 fully saturated rings. The van der Waals surface area contributed by atoms with Gasteiger partial charge in [-0.25, -0.2) is 19.3 Å². The van der Waals surface area contributed by atoms with Crippen molar-refractivity contribution in [2.24, 2.45) is 5.92 Å². The van der Waals surface area contributed by atoms with Crippen molar-refractivity contribution in [3.63, 3.8) is 0 Å². The lowest BCUT2D eigenvalue weighted by atomic mass is 10.1. The van der Waals surface area contributed by atoms with Gasteiger partial charge in [0.15, 0.2) is 5.82 Å². The molecule has 34 heavy (non-hydrogen) atoms. The number of anilines is 2. The molecule has 0 atom stereocenters. The number of nitrogens with zero attached hydrogens (tertiary/aromatic N) is 7. The van der Waals surface area contributed by atoms with Gasteiger partial charge in [0.1, 0.15) is 23.7 Å². The minimum Gasteiger partial charge on any atom is -0.325 e. The number of hydrogen-bond acceptors (Lipinski definition) is 6. The molecule has 4 aromatic heterocycles. The number of hydrogen-bond donors (Lipinski definition) is 1. The molecule has 0 bridgehead atoms. The number of rotatable bonds is 6. The Hall–Kier alpha value is -3.76. The summed E-state index contributed by atoms with van der Waals surface area (Å²) in [6, 6.07) is 6.15. The fourth-order valence-electron chi connectivity index (χ4n) is 3.88. The Labute approximate surface area is 193 Å². The summed E-state index contributed by atoms with van der Waals surface area (Å²) < 4.78 is 42.4. The molecule has 1 aliphatic carbocycles. The van der Waals surface area contributed by atoms with Gasteiger partial charge in [-0.05, 0) is 57.7 Å². The number of nitrogens with one attached hydrogen (secondary N) is 1. The first-order chi connectivity index (χ1) is 16.2. The van der Waals surface area contributed by atoms with Crippen LogP contribution in [0.2, 0.25) is 0 Å². The molecule has 5 rings (SSSR count). The summed E-state index contributed by atoms with van der Waals surface area (Å²) >= 11 is 0. The molecular weight excluding hydrogens is 445 g/mol. The lowest BCUT2D eigenvalue weighted by Gasteiger charge is -2.11. The molecule has 0 radical (unpaired) electrons. The minimum atomic E-state index is -4.48. The largest absolute Gasteiger partial charge is 0.433 e. The Kier molecular flexibility index (Phi) is 5.34. The first-order valence-electron chi connectivity index (χ1n) is 10.9. The van der Waals surface area contributed by atoms with Gasteiger partial charge in [0.25, 0.3) is 0 Å². The normalized spacial score (nSPS) is 13.9. The van der Waals surface area contributed by atoms with Gasteiger partial charge in [-0.1, -0.05) is 0 Å². The lowest BCUT2D eigenvalue weighted by Crippen LogP contribution is -2.09. The van der Waals surface area contributed by atoms with Crippen LogP contribution in [-0.4, -0.2) is 34.5 Å².